The molecule has 0 radical (unpaired) electrons. The van der Waals surface area contributed by atoms with Gasteiger partial charge in [-0.3, -0.25) is 4.79 Å². The number of carbonyl (C=O) groups excluding carboxylic acids is 1. The van der Waals surface area contributed by atoms with E-state index in [-0.39, 0.29) is 3.92 Å². The van der Waals surface area contributed by atoms with Gasteiger partial charge < -0.3 is 10.2 Å². The third kappa shape index (κ3) is 2.49. The lowest BCUT2D eigenvalue weighted by atomic mass is 9.47. The van der Waals surface area contributed by atoms with Crippen molar-refractivity contribution in [1.82, 2.24) is 10.2 Å². The Hall–Kier alpha value is 0.160. The molecule has 3 nitrogen and oxygen atoms in total. The summed E-state index contributed by atoms with van der Waals surface area (Å²) in [5.41, 5.74) is 0.855. The van der Waals surface area contributed by atoms with E-state index in [2.05, 4.69) is 53.7 Å². The molecule has 4 heteroatoms. The second-order valence-corrected chi connectivity index (χ2v) is 12.2. The molecular weight excluding hydrogens is 435 g/mol. The van der Waals surface area contributed by atoms with Crippen molar-refractivity contribution in [3.05, 3.63) is 0 Å². The summed E-state index contributed by atoms with van der Waals surface area (Å²) < 4.78 is 0.179. The van der Waals surface area contributed by atoms with Crippen LogP contribution >= 0.6 is 22.6 Å². The van der Waals surface area contributed by atoms with Crippen LogP contribution in [0, 0.1) is 28.6 Å². The van der Waals surface area contributed by atoms with Gasteiger partial charge in [0.05, 0.1) is 3.92 Å². The van der Waals surface area contributed by atoms with E-state index in [9.17, 15) is 4.79 Å². The van der Waals surface area contributed by atoms with Gasteiger partial charge in [-0.05, 0) is 86.4 Å². The highest BCUT2D eigenvalue weighted by molar-refractivity contribution is 14.1. The van der Waals surface area contributed by atoms with Crippen LogP contribution in [-0.4, -0.2) is 39.9 Å². The lowest BCUT2D eigenvalue weighted by molar-refractivity contribution is -0.155. The highest BCUT2D eigenvalue weighted by Gasteiger charge is 2.62. The maximum absolute atomic E-state index is 12.6. The van der Waals surface area contributed by atoms with Crippen molar-refractivity contribution in [3.63, 3.8) is 0 Å². The van der Waals surface area contributed by atoms with E-state index >= 15 is 0 Å². The molecule has 5 fully saturated rings. The number of nitrogens with zero attached hydrogens (tertiary/aromatic N) is 1. The third-order valence-corrected chi connectivity index (χ3v) is 10.5. The third-order valence-electron chi connectivity index (χ3n) is 9.54. The summed E-state index contributed by atoms with van der Waals surface area (Å²) in [5, 5.41) is 4.02. The topological polar surface area (TPSA) is 32.3 Å². The standard InChI is InChI=1S/C22H35IN2O/c1-21-11-10-16-14(15(21)7-8-18(21)24-13-4-5-13)6-9-19-22(16,2)12-17(23)20(26)25(19)3/h13-19,24H,4-12H2,1-3H3/t14-,15-,16-,17+,18?,19+,21-,22+/m0/s1. The van der Waals surface area contributed by atoms with Crippen LogP contribution in [0.5, 0.6) is 0 Å². The van der Waals surface area contributed by atoms with E-state index in [0.717, 1.165) is 36.3 Å². The van der Waals surface area contributed by atoms with Crippen molar-refractivity contribution in [3.8, 4) is 0 Å². The van der Waals surface area contributed by atoms with Crippen molar-refractivity contribution < 1.29 is 4.79 Å². The number of nitrogens with one attached hydrogen (secondary N) is 1. The van der Waals surface area contributed by atoms with Crippen LogP contribution < -0.4 is 5.32 Å². The highest BCUT2D eigenvalue weighted by atomic mass is 127. The number of rotatable bonds is 2. The van der Waals surface area contributed by atoms with Gasteiger partial charge in [0, 0.05) is 25.2 Å². The SMILES string of the molecule is CN1C(=O)[C@H](I)C[C@]2(C)[C@H]3CC[C@]4(C)C(NC5CC5)CC[C@H]4[C@@H]3CC[C@@H]12. The quantitative estimate of drug-likeness (QED) is 0.480. The molecule has 0 aromatic rings. The monoisotopic (exact) mass is 470 g/mol. The van der Waals surface area contributed by atoms with Gasteiger partial charge >= 0.3 is 0 Å². The van der Waals surface area contributed by atoms with E-state index in [1.165, 1.54) is 51.4 Å². The molecule has 1 saturated heterocycles. The number of fused-ring (bicyclic) bond motifs is 5. The summed E-state index contributed by atoms with van der Waals surface area (Å²) in [6.07, 6.45) is 12.1. The van der Waals surface area contributed by atoms with Gasteiger partial charge in [0.2, 0.25) is 5.91 Å². The summed E-state index contributed by atoms with van der Waals surface area (Å²) in [7, 11) is 2.08. The zero-order chi connectivity index (χ0) is 18.3. The molecule has 26 heavy (non-hydrogen) atoms. The Balaban J connectivity index is 1.41. The smallest absolute Gasteiger partial charge is 0.235 e. The number of halogens is 1. The molecule has 5 aliphatic rings. The van der Waals surface area contributed by atoms with Crippen LogP contribution in [-0.2, 0) is 4.79 Å². The molecule has 8 atom stereocenters. The summed E-state index contributed by atoms with van der Waals surface area (Å²) in [4.78, 5) is 14.7. The van der Waals surface area contributed by atoms with Crippen LogP contribution in [0.3, 0.4) is 0 Å². The number of carbonyl (C=O) groups is 1. The fourth-order valence-corrected chi connectivity index (χ4v) is 9.40. The summed E-state index contributed by atoms with van der Waals surface area (Å²) >= 11 is 2.42. The van der Waals surface area contributed by atoms with Crippen LogP contribution in [0.2, 0.25) is 0 Å². The van der Waals surface area contributed by atoms with E-state index < -0.39 is 0 Å². The van der Waals surface area contributed by atoms with E-state index in [4.69, 9.17) is 0 Å². The summed E-state index contributed by atoms with van der Waals surface area (Å²) in [6, 6.07) is 2.08. The molecule has 4 saturated carbocycles. The van der Waals surface area contributed by atoms with Gasteiger partial charge in [-0.25, -0.2) is 0 Å². The van der Waals surface area contributed by atoms with Gasteiger partial charge in [0.15, 0.2) is 0 Å². The molecule has 0 aromatic carbocycles. The van der Waals surface area contributed by atoms with Crippen molar-refractivity contribution in [1.29, 1.82) is 0 Å². The molecule has 1 aliphatic heterocycles. The molecule has 1 unspecified atom stereocenters. The number of piperidine rings is 1. The van der Waals surface area contributed by atoms with Crippen LogP contribution in [0.15, 0.2) is 0 Å². The van der Waals surface area contributed by atoms with E-state index in [1.54, 1.807) is 0 Å². The fourth-order valence-electron chi connectivity index (χ4n) is 8.02. The predicted octanol–water partition coefficient (Wildman–Crippen LogP) is 4.38. The molecule has 1 N–H and O–H groups in total. The van der Waals surface area contributed by atoms with Crippen molar-refractivity contribution in [2.75, 3.05) is 7.05 Å². The normalized spacial score (nSPS) is 53.8. The lowest BCUT2D eigenvalue weighted by Crippen LogP contribution is -2.64. The molecule has 1 amide bonds. The minimum atomic E-state index is 0.179. The molecule has 0 spiro atoms. The molecule has 5 rings (SSSR count). The van der Waals surface area contributed by atoms with E-state index in [1.807, 2.05) is 0 Å². The number of alkyl halides is 1. The first kappa shape index (κ1) is 18.2. The Morgan fingerprint density at radius 3 is 2.46 bits per heavy atom. The largest absolute Gasteiger partial charge is 0.341 e. The maximum Gasteiger partial charge on any atom is 0.235 e. The Morgan fingerprint density at radius 1 is 1.00 bits per heavy atom. The predicted molar refractivity (Wildman–Crippen MR) is 113 cm³/mol. The van der Waals surface area contributed by atoms with Gasteiger partial charge in [-0.1, -0.05) is 36.4 Å². The average Bonchev–Trinajstić information content (AvgIpc) is 3.35. The second-order valence-electron chi connectivity index (χ2n) is 10.7. The highest BCUT2D eigenvalue weighted by Crippen LogP contribution is 2.65. The Kier molecular flexibility index (Phi) is 4.26. The first-order valence-electron chi connectivity index (χ1n) is 11.0. The lowest BCUT2D eigenvalue weighted by Gasteiger charge is -2.62. The zero-order valence-corrected chi connectivity index (χ0v) is 18.8. The van der Waals surface area contributed by atoms with Gasteiger partial charge in [-0.15, -0.1) is 0 Å². The Labute approximate surface area is 172 Å². The fraction of sp³-hybridized carbons (Fsp3) is 0.955. The average molecular weight is 470 g/mol. The van der Waals surface area contributed by atoms with Crippen molar-refractivity contribution in [2.24, 2.45) is 28.6 Å². The van der Waals surface area contributed by atoms with Crippen LogP contribution in [0.1, 0.15) is 71.6 Å². The molecular formula is C22H35IN2O. The molecule has 4 aliphatic carbocycles. The maximum atomic E-state index is 12.6. The number of hydrogen-bond donors (Lipinski definition) is 1. The summed E-state index contributed by atoms with van der Waals surface area (Å²) in [6.45, 7) is 5.16. The van der Waals surface area contributed by atoms with Gasteiger partial charge in [0.25, 0.3) is 0 Å². The van der Waals surface area contributed by atoms with Crippen molar-refractivity contribution in [2.45, 2.75) is 93.7 Å². The number of amides is 1. The molecule has 146 valence electrons. The summed E-state index contributed by atoms with van der Waals surface area (Å²) in [5.74, 6) is 3.01. The van der Waals surface area contributed by atoms with Crippen LogP contribution in [0.4, 0.5) is 0 Å². The van der Waals surface area contributed by atoms with Gasteiger partial charge in [-0.2, -0.15) is 0 Å². The number of hydrogen-bond acceptors (Lipinski definition) is 2. The first-order chi connectivity index (χ1) is 12.3. The van der Waals surface area contributed by atoms with E-state index in [0.29, 0.717) is 22.8 Å². The number of likely N-dealkylation sites (tertiary alicyclic amines) is 1. The van der Waals surface area contributed by atoms with Gasteiger partial charge in [0.1, 0.15) is 0 Å². The second kappa shape index (κ2) is 6.08. The first-order valence-corrected chi connectivity index (χ1v) is 12.3. The molecule has 0 aromatic heterocycles. The Bertz CT molecular complexity index is 607. The molecule has 1 heterocycles. The molecule has 0 bridgehead atoms. The Morgan fingerprint density at radius 2 is 1.73 bits per heavy atom. The van der Waals surface area contributed by atoms with Crippen molar-refractivity contribution >= 4 is 28.5 Å². The minimum absolute atomic E-state index is 0.179. The zero-order valence-electron chi connectivity index (χ0n) is 16.6. The minimum Gasteiger partial charge on any atom is -0.341 e. The van der Waals surface area contributed by atoms with Crippen LogP contribution in [0.25, 0.3) is 0 Å².